The minimum Gasteiger partial charge on any atom is -0.497 e. The number of nitrogens with one attached hydrogen (secondary N) is 1. The Morgan fingerprint density at radius 2 is 2.22 bits per heavy atom. The Hall–Kier alpha value is -1.65. The number of hydrogen-bond donors (Lipinski definition) is 1. The van der Waals surface area contributed by atoms with Gasteiger partial charge in [-0.3, -0.25) is 4.98 Å². The third-order valence-electron chi connectivity index (χ3n) is 3.20. The number of nitrogens with zero attached hydrogens (tertiary/aromatic N) is 1. The van der Waals surface area contributed by atoms with Crippen LogP contribution in [0, 0.1) is 0 Å². The van der Waals surface area contributed by atoms with Gasteiger partial charge in [-0.05, 0) is 18.2 Å². The molecule has 1 aromatic heterocycles. The van der Waals surface area contributed by atoms with E-state index in [9.17, 15) is 0 Å². The van der Waals surface area contributed by atoms with Gasteiger partial charge in [0.25, 0.3) is 0 Å². The van der Waals surface area contributed by atoms with Crippen LogP contribution in [0.4, 0.5) is 0 Å². The molecule has 1 N–H and O–H groups in total. The summed E-state index contributed by atoms with van der Waals surface area (Å²) in [6.07, 6.45) is 0. The van der Waals surface area contributed by atoms with Crippen molar-refractivity contribution in [1.29, 1.82) is 0 Å². The molecular formula is C14H16N2O2. The third kappa shape index (κ3) is 2.17. The van der Waals surface area contributed by atoms with E-state index >= 15 is 0 Å². The van der Waals surface area contributed by atoms with Gasteiger partial charge in [0.1, 0.15) is 5.75 Å². The van der Waals surface area contributed by atoms with Crippen molar-refractivity contribution in [2.45, 2.75) is 6.04 Å². The summed E-state index contributed by atoms with van der Waals surface area (Å²) in [5.41, 5.74) is 1.98. The van der Waals surface area contributed by atoms with Crippen LogP contribution in [0.5, 0.6) is 5.75 Å². The molecule has 1 aliphatic rings. The van der Waals surface area contributed by atoms with Crippen molar-refractivity contribution in [3.63, 3.8) is 0 Å². The molecule has 94 valence electrons. The number of fused-ring (bicyclic) bond motifs is 1. The molecule has 2 aromatic rings. The highest BCUT2D eigenvalue weighted by atomic mass is 16.5. The van der Waals surface area contributed by atoms with E-state index in [1.165, 1.54) is 0 Å². The van der Waals surface area contributed by atoms with Gasteiger partial charge < -0.3 is 14.8 Å². The van der Waals surface area contributed by atoms with Gasteiger partial charge in [0.05, 0.1) is 37.6 Å². The Kier molecular flexibility index (Phi) is 3.13. The molecule has 18 heavy (non-hydrogen) atoms. The maximum absolute atomic E-state index is 5.47. The van der Waals surface area contributed by atoms with Gasteiger partial charge in [0.15, 0.2) is 0 Å². The number of methoxy groups -OCH3 is 1. The molecule has 0 aliphatic carbocycles. The Labute approximate surface area is 106 Å². The van der Waals surface area contributed by atoms with Gasteiger partial charge in [-0.15, -0.1) is 0 Å². The van der Waals surface area contributed by atoms with E-state index in [0.29, 0.717) is 6.61 Å². The van der Waals surface area contributed by atoms with Crippen LogP contribution in [0.25, 0.3) is 10.9 Å². The average molecular weight is 244 g/mol. The highest BCUT2D eigenvalue weighted by molar-refractivity contribution is 5.80. The molecule has 1 atom stereocenters. The molecule has 1 aromatic carbocycles. The lowest BCUT2D eigenvalue weighted by Crippen LogP contribution is -2.35. The molecular weight excluding hydrogens is 228 g/mol. The first-order chi connectivity index (χ1) is 8.86. The smallest absolute Gasteiger partial charge is 0.121 e. The summed E-state index contributed by atoms with van der Waals surface area (Å²) in [6.45, 7) is 2.34. The molecule has 0 spiro atoms. The summed E-state index contributed by atoms with van der Waals surface area (Å²) in [5.74, 6) is 0.833. The van der Waals surface area contributed by atoms with Gasteiger partial charge in [-0.1, -0.05) is 6.07 Å². The maximum atomic E-state index is 5.47. The van der Waals surface area contributed by atoms with Gasteiger partial charge in [-0.2, -0.15) is 0 Å². The second-order valence-corrected chi connectivity index (χ2v) is 4.38. The monoisotopic (exact) mass is 244 g/mol. The van der Waals surface area contributed by atoms with Crippen molar-refractivity contribution in [3.8, 4) is 5.75 Å². The lowest BCUT2D eigenvalue weighted by molar-refractivity contribution is 0.0757. The van der Waals surface area contributed by atoms with Crippen molar-refractivity contribution < 1.29 is 9.47 Å². The fourth-order valence-corrected chi connectivity index (χ4v) is 2.19. The van der Waals surface area contributed by atoms with Gasteiger partial charge in [0.2, 0.25) is 0 Å². The van der Waals surface area contributed by atoms with Crippen molar-refractivity contribution >= 4 is 10.9 Å². The summed E-state index contributed by atoms with van der Waals surface area (Å²) in [5, 5.41) is 4.53. The molecule has 0 amide bonds. The molecule has 4 heteroatoms. The number of morpholine rings is 1. The molecule has 1 unspecified atom stereocenters. The van der Waals surface area contributed by atoms with Crippen molar-refractivity contribution in [3.05, 3.63) is 36.0 Å². The first kappa shape index (κ1) is 11.4. The number of pyridine rings is 1. The minimum absolute atomic E-state index is 0.189. The molecule has 3 rings (SSSR count). The zero-order chi connectivity index (χ0) is 12.4. The summed E-state index contributed by atoms with van der Waals surface area (Å²) < 4.78 is 10.7. The predicted molar refractivity (Wildman–Crippen MR) is 69.9 cm³/mol. The Morgan fingerprint density at radius 1 is 1.33 bits per heavy atom. The van der Waals surface area contributed by atoms with E-state index < -0.39 is 0 Å². The van der Waals surface area contributed by atoms with Crippen LogP contribution in [0.3, 0.4) is 0 Å². The average Bonchev–Trinajstić information content (AvgIpc) is 2.47. The van der Waals surface area contributed by atoms with E-state index in [2.05, 4.69) is 22.4 Å². The van der Waals surface area contributed by atoms with E-state index in [1.807, 2.05) is 18.2 Å². The molecule has 1 saturated heterocycles. The summed E-state index contributed by atoms with van der Waals surface area (Å²) in [7, 11) is 1.67. The first-order valence-corrected chi connectivity index (χ1v) is 6.12. The molecule has 1 fully saturated rings. The van der Waals surface area contributed by atoms with Crippen LogP contribution in [0.1, 0.15) is 11.7 Å². The SMILES string of the molecule is COc1ccc2ccc(C3COCCN3)nc2c1. The lowest BCUT2D eigenvalue weighted by atomic mass is 10.1. The number of benzene rings is 1. The summed E-state index contributed by atoms with van der Waals surface area (Å²) in [4.78, 5) is 4.68. The van der Waals surface area contributed by atoms with Crippen LogP contribution in [-0.2, 0) is 4.74 Å². The van der Waals surface area contributed by atoms with E-state index in [4.69, 9.17) is 9.47 Å². The van der Waals surface area contributed by atoms with E-state index in [1.54, 1.807) is 7.11 Å². The van der Waals surface area contributed by atoms with Crippen molar-refractivity contribution in [2.75, 3.05) is 26.9 Å². The maximum Gasteiger partial charge on any atom is 0.121 e. The fraction of sp³-hybridized carbons (Fsp3) is 0.357. The minimum atomic E-state index is 0.189. The van der Waals surface area contributed by atoms with Crippen LogP contribution in [0.15, 0.2) is 30.3 Å². The summed E-state index contributed by atoms with van der Waals surface area (Å²) >= 11 is 0. The quantitative estimate of drug-likeness (QED) is 0.876. The number of rotatable bonds is 2. The Morgan fingerprint density at radius 3 is 3.00 bits per heavy atom. The lowest BCUT2D eigenvalue weighted by Gasteiger charge is -2.23. The molecule has 1 aliphatic heterocycles. The van der Waals surface area contributed by atoms with Crippen LogP contribution < -0.4 is 10.1 Å². The van der Waals surface area contributed by atoms with Crippen molar-refractivity contribution in [1.82, 2.24) is 10.3 Å². The zero-order valence-electron chi connectivity index (χ0n) is 10.3. The largest absolute Gasteiger partial charge is 0.497 e. The molecule has 0 saturated carbocycles. The normalized spacial score (nSPS) is 19.9. The first-order valence-electron chi connectivity index (χ1n) is 6.12. The summed E-state index contributed by atoms with van der Waals surface area (Å²) in [6, 6.07) is 10.3. The number of ether oxygens (including phenoxy) is 2. The molecule has 2 heterocycles. The number of hydrogen-bond acceptors (Lipinski definition) is 4. The highest BCUT2D eigenvalue weighted by Gasteiger charge is 2.16. The second-order valence-electron chi connectivity index (χ2n) is 4.38. The predicted octanol–water partition coefficient (Wildman–Crippen LogP) is 1.90. The molecule has 0 bridgehead atoms. The van der Waals surface area contributed by atoms with Crippen molar-refractivity contribution in [2.24, 2.45) is 0 Å². The standard InChI is InChI=1S/C14H16N2O2/c1-17-11-4-2-10-3-5-12(16-13(10)8-11)14-9-18-7-6-15-14/h2-5,8,14-15H,6-7,9H2,1H3. The van der Waals surface area contributed by atoms with Crippen LogP contribution in [-0.4, -0.2) is 31.9 Å². The van der Waals surface area contributed by atoms with Gasteiger partial charge in [0, 0.05) is 18.0 Å². The van der Waals surface area contributed by atoms with Crippen LogP contribution in [0.2, 0.25) is 0 Å². The fourth-order valence-electron chi connectivity index (χ4n) is 2.19. The van der Waals surface area contributed by atoms with Gasteiger partial charge >= 0.3 is 0 Å². The van der Waals surface area contributed by atoms with Gasteiger partial charge in [-0.25, -0.2) is 0 Å². The second kappa shape index (κ2) is 4.92. The number of aromatic nitrogens is 1. The van der Waals surface area contributed by atoms with E-state index in [0.717, 1.165) is 35.5 Å². The van der Waals surface area contributed by atoms with Crippen LogP contribution >= 0.6 is 0 Å². The highest BCUT2D eigenvalue weighted by Crippen LogP contribution is 2.22. The zero-order valence-corrected chi connectivity index (χ0v) is 10.3. The Bertz CT molecular complexity index is 550. The molecule has 4 nitrogen and oxygen atoms in total. The van der Waals surface area contributed by atoms with E-state index in [-0.39, 0.29) is 6.04 Å². The topological polar surface area (TPSA) is 43.4 Å². The molecule has 0 radical (unpaired) electrons. The Balaban J connectivity index is 1.97. The third-order valence-corrected chi connectivity index (χ3v) is 3.20.